The molecule has 0 unspecified atom stereocenters. The van der Waals surface area contributed by atoms with E-state index in [0.29, 0.717) is 27.7 Å². The molecule has 0 aromatic heterocycles. The quantitative estimate of drug-likeness (QED) is 0.846. The first-order valence-electron chi connectivity index (χ1n) is 5.60. The van der Waals surface area contributed by atoms with Crippen LogP contribution < -0.4 is 15.8 Å². The summed E-state index contributed by atoms with van der Waals surface area (Å²) in [4.78, 5) is 12.0. The Balaban J connectivity index is 2.18. The Labute approximate surface area is 116 Å². The van der Waals surface area contributed by atoms with Gasteiger partial charge < -0.3 is 15.8 Å². The van der Waals surface area contributed by atoms with Gasteiger partial charge >= 0.3 is 0 Å². The summed E-state index contributed by atoms with van der Waals surface area (Å²) < 4.78 is 5.03. The van der Waals surface area contributed by atoms with Crippen LogP contribution in [-0.4, -0.2) is 13.0 Å². The number of nitrogens with one attached hydrogen (secondary N) is 1. The molecule has 2 rings (SSSR count). The number of amides is 1. The van der Waals surface area contributed by atoms with Crippen LogP contribution in [0.25, 0.3) is 0 Å². The molecule has 2 aromatic rings. The number of carbonyl (C=O) groups is 1. The van der Waals surface area contributed by atoms with Gasteiger partial charge in [0, 0.05) is 10.6 Å². The van der Waals surface area contributed by atoms with E-state index in [1.165, 1.54) is 0 Å². The van der Waals surface area contributed by atoms with E-state index in [0.717, 1.165) is 0 Å². The molecule has 4 nitrogen and oxygen atoms in total. The summed E-state index contributed by atoms with van der Waals surface area (Å²) in [5.41, 5.74) is 7.24. The minimum absolute atomic E-state index is 0.253. The van der Waals surface area contributed by atoms with Crippen LogP contribution in [0.2, 0.25) is 5.02 Å². The Hall–Kier alpha value is -2.20. The molecule has 0 aliphatic heterocycles. The fourth-order valence-corrected chi connectivity index (χ4v) is 1.75. The van der Waals surface area contributed by atoms with Crippen molar-refractivity contribution in [1.82, 2.24) is 0 Å². The van der Waals surface area contributed by atoms with Gasteiger partial charge in [0.05, 0.1) is 18.5 Å². The van der Waals surface area contributed by atoms with Gasteiger partial charge in [-0.2, -0.15) is 0 Å². The topological polar surface area (TPSA) is 64.3 Å². The molecule has 3 N–H and O–H groups in total. The van der Waals surface area contributed by atoms with Crippen molar-refractivity contribution in [3.63, 3.8) is 0 Å². The summed E-state index contributed by atoms with van der Waals surface area (Å²) in [7, 11) is 1.57. The fraction of sp³-hybridized carbons (Fsp3) is 0.0714. The lowest BCUT2D eigenvalue weighted by Crippen LogP contribution is -2.13. The number of nitrogen functional groups attached to an aromatic ring is 1. The second-order valence-electron chi connectivity index (χ2n) is 3.91. The van der Waals surface area contributed by atoms with E-state index in [-0.39, 0.29) is 5.91 Å². The second-order valence-corrected chi connectivity index (χ2v) is 4.35. The maximum absolute atomic E-state index is 12.0. The Bertz CT molecular complexity index is 597. The Kier molecular flexibility index (Phi) is 3.92. The van der Waals surface area contributed by atoms with Crippen LogP contribution in [0.3, 0.4) is 0 Å². The number of ether oxygens (including phenoxy) is 1. The number of halogens is 1. The van der Waals surface area contributed by atoms with Crippen molar-refractivity contribution in [3.8, 4) is 5.75 Å². The van der Waals surface area contributed by atoms with E-state index < -0.39 is 0 Å². The summed E-state index contributed by atoms with van der Waals surface area (Å²) in [6.07, 6.45) is 0. The van der Waals surface area contributed by atoms with Crippen LogP contribution in [0.1, 0.15) is 10.4 Å². The first-order valence-corrected chi connectivity index (χ1v) is 5.98. The highest BCUT2D eigenvalue weighted by molar-refractivity contribution is 6.31. The first kappa shape index (κ1) is 13.2. The van der Waals surface area contributed by atoms with Gasteiger partial charge in [-0.05, 0) is 42.5 Å². The van der Waals surface area contributed by atoms with E-state index in [1.54, 1.807) is 49.6 Å². The maximum Gasteiger partial charge on any atom is 0.255 e. The van der Waals surface area contributed by atoms with Crippen molar-refractivity contribution in [3.05, 3.63) is 53.1 Å². The molecule has 19 heavy (non-hydrogen) atoms. The van der Waals surface area contributed by atoms with E-state index in [4.69, 9.17) is 22.1 Å². The molecule has 0 bridgehead atoms. The fourth-order valence-electron chi connectivity index (χ4n) is 1.57. The standard InChI is InChI=1S/C14H13ClN2O2/c1-19-11-5-2-9(3-6-11)14(18)17-13-8-10(15)4-7-12(13)16/h2-8H,16H2,1H3,(H,17,18). The Morgan fingerprint density at radius 3 is 2.53 bits per heavy atom. The molecule has 5 heteroatoms. The average Bonchev–Trinajstić information content (AvgIpc) is 2.43. The lowest BCUT2D eigenvalue weighted by atomic mass is 10.2. The molecular weight excluding hydrogens is 264 g/mol. The molecule has 0 saturated carbocycles. The second kappa shape index (κ2) is 5.63. The van der Waals surface area contributed by atoms with Crippen LogP contribution in [0.4, 0.5) is 11.4 Å². The number of carbonyl (C=O) groups excluding carboxylic acids is 1. The zero-order valence-electron chi connectivity index (χ0n) is 10.3. The maximum atomic E-state index is 12.0. The molecule has 2 aromatic carbocycles. The van der Waals surface area contributed by atoms with Crippen LogP contribution in [0, 0.1) is 0 Å². The third-order valence-corrected chi connectivity index (χ3v) is 2.85. The normalized spacial score (nSPS) is 10.0. The Morgan fingerprint density at radius 2 is 1.89 bits per heavy atom. The molecular formula is C14H13ClN2O2. The molecule has 0 aliphatic carbocycles. The third-order valence-electron chi connectivity index (χ3n) is 2.62. The SMILES string of the molecule is COc1ccc(C(=O)Nc2cc(Cl)ccc2N)cc1. The molecule has 0 heterocycles. The van der Waals surface area contributed by atoms with Gasteiger partial charge in [0.15, 0.2) is 0 Å². The van der Waals surface area contributed by atoms with Crippen molar-refractivity contribution in [2.75, 3.05) is 18.2 Å². The number of hydrogen-bond donors (Lipinski definition) is 2. The number of nitrogens with two attached hydrogens (primary N) is 1. The highest BCUT2D eigenvalue weighted by atomic mass is 35.5. The van der Waals surface area contributed by atoms with Gasteiger partial charge in [0.25, 0.3) is 5.91 Å². The monoisotopic (exact) mass is 276 g/mol. The summed E-state index contributed by atoms with van der Waals surface area (Å²) in [6, 6.07) is 11.7. The van der Waals surface area contributed by atoms with Crippen LogP contribution in [0.5, 0.6) is 5.75 Å². The van der Waals surface area contributed by atoms with E-state index in [9.17, 15) is 4.79 Å². The number of methoxy groups -OCH3 is 1. The predicted octanol–water partition coefficient (Wildman–Crippen LogP) is 3.18. The Morgan fingerprint density at radius 1 is 1.21 bits per heavy atom. The van der Waals surface area contributed by atoms with Crippen molar-refractivity contribution < 1.29 is 9.53 Å². The minimum atomic E-state index is -0.253. The lowest BCUT2D eigenvalue weighted by molar-refractivity contribution is 0.102. The smallest absolute Gasteiger partial charge is 0.255 e. The van der Waals surface area contributed by atoms with Gasteiger partial charge in [0.2, 0.25) is 0 Å². The van der Waals surface area contributed by atoms with Crippen molar-refractivity contribution in [1.29, 1.82) is 0 Å². The van der Waals surface area contributed by atoms with Gasteiger partial charge in [0.1, 0.15) is 5.75 Å². The molecule has 0 atom stereocenters. The van der Waals surface area contributed by atoms with Gasteiger partial charge in [-0.15, -0.1) is 0 Å². The summed E-state index contributed by atoms with van der Waals surface area (Å²) in [5.74, 6) is 0.440. The molecule has 0 radical (unpaired) electrons. The molecule has 98 valence electrons. The van der Waals surface area contributed by atoms with Gasteiger partial charge in [-0.3, -0.25) is 4.79 Å². The highest BCUT2D eigenvalue weighted by Crippen LogP contribution is 2.23. The minimum Gasteiger partial charge on any atom is -0.497 e. The zero-order valence-corrected chi connectivity index (χ0v) is 11.1. The van der Waals surface area contributed by atoms with Crippen LogP contribution in [0.15, 0.2) is 42.5 Å². The van der Waals surface area contributed by atoms with E-state index in [1.807, 2.05) is 0 Å². The summed E-state index contributed by atoms with van der Waals surface area (Å²) in [6.45, 7) is 0. The van der Waals surface area contributed by atoms with E-state index in [2.05, 4.69) is 5.32 Å². The largest absolute Gasteiger partial charge is 0.497 e. The average molecular weight is 277 g/mol. The molecule has 0 saturated heterocycles. The van der Waals surface area contributed by atoms with Gasteiger partial charge in [-0.25, -0.2) is 0 Å². The summed E-state index contributed by atoms with van der Waals surface area (Å²) >= 11 is 5.86. The van der Waals surface area contributed by atoms with Crippen LogP contribution in [-0.2, 0) is 0 Å². The lowest BCUT2D eigenvalue weighted by Gasteiger charge is -2.09. The zero-order chi connectivity index (χ0) is 13.8. The van der Waals surface area contributed by atoms with Crippen molar-refractivity contribution in [2.45, 2.75) is 0 Å². The number of benzene rings is 2. The van der Waals surface area contributed by atoms with E-state index >= 15 is 0 Å². The number of rotatable bonds is 3. The molecule has 0 spiro atoms. The third kappa shape index (κ3) is 3.17. The van der Waals surface area contributed by atoms with Crippen molar-refractivity contribution >= 4 is 28.9 Å². The molecule has 1 amide bonds. The molecule has 0 aliphatic rings. The predicted molar refractivity (Wildman–Crippen MR) is 76.8 cm³/mol. The number of anilines is 2. The highest BCUT2D eigenvalue weighted by Gasteiger charge is 2.08. The van der Waals surface area contributed by atoms with Crippen molar-refractivity contribution in [2.24, 2.45) is 0 Å². The number of hydrogen-bond acceptors (Lipinski definition) is 3. The first-order chi connectivity index (χ1) is 9.10. The van der Waals surface area contributed by atoms with Gasteiger partial charge in [-0.1, -0.05) is 11.6 Å². The van der Waals surface area contributed by atoms with Crippen LogP contribution >= 0.6 is 11.6 Å². The summed E-state index contributed by atoms with van der Waals surface area (Å²) in [5, 5.41) is 3.23. The molecule has 0 fully saturated rings.